The minimum Gasteiger partial charge on any atom is -0.493 e. The van der Waals surface area contributed by atoms with E-state index in [2.05, 4.69) is 5.32 Å². The summed E-state index contributed by atoms with van der Waals surface area (Å²) in [6.45, 7) is 3.94. The van der Waals surface area contributed by atoms with E-state index >= 15 is 0 Å². The van der Waals surface area contributed by atoms with Gasteiger partial charge in [0.2, 0.25) is 0 Å². The van der Waals surface area contributed by atoms with Gasteiger partial charge in [0.1, 0.15) is 17.1 Å². The molecule has 1 aromatic carbocycles. The highest BCUT2D eigenvalue weighted by atomic mass is 19.1. The van der Waals surface area contributed by atoms with E-state index < -0.39 is 11.5 Å². The van der Waals surface area contributed by atoms with E-state index in [4.69, 9.17) is 4.74 Å². The average Bonchev–Trinajstić information content (AvgIpc) is 3.22. The molecule has 1 aromatic rings. The summed E-state index contributed by atoms with van der Waals surface area (Å²) in [4.78, 5) is 11.4. The van der Waals surface area contributed by atoms with Crippen molar-refractivity contribution in [1.82, 2.24) is 5.32 Å². The van der Waals surface area contributed by atoms with Crippen molar-refractivity contribution < 1.29 is 19.0 Å². The van der Waals surface area contributed by atoms with E-state index in [-0.39, 0.29) is 5.82 Å². The third kappa shape index (κ3) is 4.43. The molecule has 116 valence electrons. The second-order valence-electron chi connectivity index (χ2n) is 5.92. The molecule has 1 atom stereocenters. The predicted molar refractivity (Wildman–Crippen MR) is 78.1 cm³/mol. The van der Waals surface area contributed by atoms with Gasteiger partial charge in [-0.15, -0.1) is 0 Å². The molecule has 1 aliphatic carbocycles. The van der Waals surface area contributed by atoms with E-state index in [9.17, 15) is 14.3 Å². The molecule has 0 amide bonds. The molecule has 2 rings (SSSR count). The maximum atomic E-state index is 13.1. The lowest BCUT2D eigenvalue weighted by atomic mass is 9.96. The SMILES string of the molecule is Cc1ccc(F)cc1OCCCC(C)(NC1CC1)C(=O)O. The van der Waals surface area contributed by atoms with E-state index in [1.165, 1.54) is 12.1 Å². The van der Waals surface area contributed by atoms with Crippen molar-refractivity contribution in [2.24, 2.45) is 0 Å². The number of nitrogens with one attached hydrogen (secondary N) is 1. The maximum absolute atomic E-state index is 13.1. The lowest BCUT2D eigenvalue weighted by molar-refractivity contribution is -0.144. The largest absolute Gasteiger partial charge is 0.493 e. The summed E-state index contributed by atoms with van der Waals surface area (Å²) >= 11 is 0. The van der Waals surface area contributed by atoms with Gasteiger partial charge >= 0.3 is 5.97 Å². The fourth-order valence-corrected chi connectivity index (χ4v) is 2.26. The molecule has 5 heteroatoms. The van der Waals surface area contributed by atoms with Crippen LogP contribution in [0, 0.1) is 12.7 Å². The van der Waals surface area contributed by atoms with Crippen molar-refractivity contribution >= 4 is 5.97 Å². The molecule has 4 nitrogen and oxygen atoms in total. The molecule has 1 unspecified atom stereocenters. The van der Waals surface area contributed by atoms with Crippen LogP contribution < -0.4 is 10.1 Å². The second kappa shape index (κ2) is 6.43. The van der Waals surface area contributed by atoms with Crippen LogP contribution in [0.1, 0.15) is 38.2 Å². The Morgan fingerprint density at radius 3 is 2.86 bits per heavy atom. The third-order valence-corrected chi connectivity index (χ3v) is 3.80. The lowest BCUT2D eigenvalue weighted by Crippen LogP contribution is -2.50. The Kier molecular flexibility index (Phi) is 4.83. The monoisotopic (exact) mass is 295 g/mol. The van der Waals surface area contributed by atoms with Gasteiger partial charge in [-0.1, -0.05) is 6.07 Å². The van der Waals surface area contributed by atoms with Gasteiger partial charge in [-0.25, -0.2) is 4.39 Å². The molecule has 0 aromatic heterocycles. The molecule has 0 aliphatic heterocycles. The number of carboxylic acid groups (broad SMARTS) is 1. The highest BCUT2D eigenvalue weighted by Gasteiger charge is 2.37. The van der Waals surface area contributed by atoms with Gasteiger partial charge in [0.05, 0.1) is 6.61 Å². The van der Waals surface area contributed by atoms with Gasteiger partial charge in [0.15, 0.2) is 0 Å². The Bertz CT molecular complexity index is 516. The van der Waals surface area contributed by atoms with Crippen LogP contribution in [0.5, 0.6) is 5.75 Å². The molecule has 0 bridgehead atoms. The third-order valence-electron chi connectivity index (χ3n) is 3.80. The minimum absolute atomic E-state index is 0.331. The molecule has 1 aliphatic rings. The molecule has 21 heavy (non-hydrogen) atoms. The number of halogens is 1. The molecular formula is C16H22FNO3. The molecule has 2 N–H and O–H groups in total. The van der Waals surface area contributed by atoms with E-state index in [0.29, 0.717) is 31.2 Å². The summed E-state index contributed by atoms with van der Waals surface area (Å²) in [5, 5.41) is 12.5. The van der Waals surface area contributed by atoms with Crippen molar-refractivity contribution in [3.8, 4) is 5.75 Å². The quantitative estimate of drug-likeness (QED) is 0.724. The fourth-order valence-electron chi connectivity index (χ4n) is 2.26. The van der Waals surface area contributed by atoms with Crippen LogP contribution in [0.3, 0.4) is 0 Å². The van der Waals surface area contributed by atoms with Crippen molar-refractivity contribution in [2.45, 2.75) is 51.1 Å². The summed E-state index contributed by atoms with van der Waals surface area (Å²) < 4.78 is 18.7. The second-order valence-corrected chi connectivity index (χ2v) is 5.92. The number of ether oxygens (including phenoxy) is 1. The number of carboxylic acids is 1. The zero-order valence-corrected chi connectivity index (χ0v) is 12.5. The summed E-state index contributed by atoms with van der Waals surface area (Å²) in [5.74, 6) is -0.653. The number of hydrogen-bond acceptors (Lipinski definition) is 3. The predicted octanol–water partition coefficient (Wildman–Crippen LogP) is 2.89. The van der Waals surface area contributed by atoms with Crippen LogP contribution in [0.4, 0.5) is 4.39 Å². The van der Waals surface area contributed by atoms with Crippen molar-refractivity contribution in [3.63, 3.8) is 0 Å². The Morgan fingerprint density at radius 2 is 2.24 bits per heavy atom. The first-order valence-corrected chi connectivity index (χ1v) is 7.31. The van der Waals surface area contributed by atoms with E-state index in [0.717, 1.165) is 18.4 Å². The van der Waals surface area contributed by atoms with Gasteiger partial charge in [-0.05, 0) is 51.2 Å². The molecule has 0 heterocycles. The van der Waals surface area contributed by atoms with Crippen molar-refractivity contribution in [2.75, 3.05) is 6.61 Å². The molecule has 1 fully saturated rings. The zero-order chi connectivity index (χ0) is 15.5. The topological polar surface area (TPSA) is 58.6 Å². The number of hydrogen-bond donors (Lipinski definition) is 2. The first-order chi connectivity index (χ1) is 9.90. The van der Waals surface area contributed by atoms with Gasteiger partial charge in [-0.3, -0.25) is 10.1 Å². The average molecular weight is 295 g/mol. The number of carbonyl (C=O) groups is 1. The molecule has 1 saturated carbocycles. The Balaban J connectivity index is 1.82. The smallest absolute Gasteiger partial charge is 0.323 e. The lowest BCUT2D eigenvalue weighted by Gasteiger charge is -2.26. The van der Waals surface area contributed by atoms with Crippen molar-refractivity contribution in [1.29, 1.82) is 0 Å². The van der Waals surface area contributed by atoms with Crippen LogP contribution in [-0.2, 0) is 4.79 Å². The van der Waals surface area contributed by atoms with Gasteiger partial charge in [0, 0.05) is 12.1 Å². The van der Waals surface area contributed by atoms with Gasteiger partial charge in [0.25, 0.3) is 0 Å². The minimum atomic E-state index is -0.915. The fraction of sp³-hybridized carbons (Fsp3) is 0.562. The summed E-state index contributed by atoms with van der Waals surface area (Å²) in [5.41, 5.74) is -0.0462. The van der Waals surface area contributed by atoms with Gasteiger partial charge in [-0.2, -0.15) is 0 Å². The number of benzene rings is 1. The van der Waals surface area contributed by atoms with Crippen LogP contribution in [0.15, 0.2) is 18.2 Å². The number of aliphatic carboxylic acids is 1. The number of rotatable bonds is 8. The summed E-state index contributed by atoms with van der Waals surface area (Å²) in [6, 6.07) is 4.75. The van der Waals surface area contributed by atoms with Crippen molar-refractivity contribution in [3.05, 3.63) is 29.6 Å². The molecule has 0 saturated heterocycles. The highest BCUT2D eigenvalue weighted by molar-refractivity contribution is 5.78. The normalized spacial score (nSPS) is 17.3. The van der Waals surface area contributed by atoms with Crippen LogP contribution in [0.2, 0.25) is 0 Å². The van der Waals surface area contributed by atoms with Crippen LogP contribution in [0.25, 0.3) is 0 Å². The molecule has 0 radical (unpaired) electrons. The molecular weight excluding hydrogens is 273 g/mol. The first kappa shape index (κ1) is 15.8. The zero-order valence-electron chi connectivity index (χ0n) is 12.5. The molecule has 0 spiro atoms. The maximum Gasteiger partial charge on any atom is 0.323 e. The van der Waals surface area contributed by atoms with E-state index in [1.54, 1.807) is 13.0 Å². The van der Waals surface area contributed by atoms with Crippen LogP contribution in [-0.4, -0.2) is 29.3 Å². The first-order valence-electron chi connectivity index (χ1n) is 7.31. The van der Waals surface area contributed by atoms with E-state index in [1.807, 2.05) is 6.92 Å². The number of aryl methyl sites for hydroxylation is 1. The van der Waals surface area contributed by atoms with Crippen LogP contribution >= 0.6 is 0 Å². The Morgan fingerprint density at radius 1 is 1.52 bits per heavy atom. The highest BCUT2D eigenvalue weighted by Crippen LogP contribution is 2.25. The Hall–Kier alpha value is -1.62. The summed E-state index contributed by atoms with van der Waals surface area (Å²) in [6.07, 6.45) is 3.16. The standard InChI is InChI=1S/C16H22FNO3/c1-11-4-5-12(17)10-14(11)21-9-3-8-16(2,15(19)20)18-13-6-7-13/h4-5,10,13,18H,3,6-9H2,1-2H3,(H,19,20). The van der Waals surface area contributed by atoms with Gasteiger partial charge < -0.3 is 9.84 Å². The summed E-state index contributed by atoms with van der Waals surface area (Å²) in [7, 11) is 0. The Labute approximate surface area is 124 Å².